The molecule has 0 atom stereocenters. The van der Waals surface area contributed by atoms with E-state index in [-0.39, 0.29) is 0 Å². The van der Waals surface area contributed by atoms with Gasteiger partial charge in [-0.3, -0.25) is 4.79 Å². The van der Waals surface area contributed by atoms with E-state index in [9.17, 15) is 4.79 Å². The molecule has 0 radical (unpaired) electrons. The number of allylic oxidation sites excluding steroid dienone is 2. The first-order valence-corrected chi connectivity index (χ1v) is 3.63. The van der Waals surface area contributed by atoms with Crippen molar-refractivity contribution < 1.29 is 9.53 Å². The number of ether oxygens (including phenoxy) is 1. The first-order chi connectivity index (χ1) is 5.35. The van der Waals surface area contributed by atoms with Crippen LogP contribution >= 0.6 is 0 Å². The van der Waals surface area contributed by atoms with E-state index in [2.05, 4.69) is 6.58 Å². The van der Waals surface area contributed by atoms with E-state index >= 15 is 0 Å². The molecule has 0 saturated heterocycles. The van der Waals surface area contributed by atoms with E-state index in [1.54, 1.807) is 0 Å². The summed E-state index contributed by atoms with van der Waals surface area (Å²) in [5.41, 5.74) is 0.703. The molecule has 0 amide bonds. The number of carbonyl (C=O) groups is 1. The molecule has 0 rings (SSSR count). The lowest BCUT2D eigenvalue weighted by atomic mass is 10.1. The van der Waals surface area contributed by atoms with Crippen molar-refractivity contribution in [3.63, 3.8) is 0 Å². The van der Waals surface area contributed by atoms with Crippen molar-refractivity contribution in [2.24, 2.45) is 0 Å². The molecule has 62 valence electrons. The second-order valence-corrected chi connectivity index (χ2v) is 2.23. The van der Waals surface area contributed by atoms with Crippen molar-refractivity contribution in [1.82, 2.24) is 0 Å². The molecule has 0 aliphatic heterocycles. The molecule has 0 aromatic heterocycles. The largest absolute Gasteiger partial charge is 0.504 e. The van der Waals surface area contributed by atoms with Gasteiger partial charge in [-0.05, 0) is 19.3 Å². The van der Waals surface area contributed by atoms with E-state index in [0.717, 1.165) is 25.5 Å². The van der Waals surface area contributed by atoms with Gasteiger partial charge < -0.3 is 4.74 Å². The summed E-state index contributed by atoms with van der Waals surface area (Å²) < 4.78 is 4.71. The standard InChI is InChI=1S/C9H14O2/c1-3-4-5-6-9(7-10)8-11-2/h3,7-8H,1,4-6H2,2H3. The monoisotopic (exact) mass is 154 g/mol. The van der Waals surface area contributed by atoms with Gasteiger partial charge in [-0.25, -0.2) is 0 Å². The Labute approximate surface area is 67.6 Å². The van der Waals surface area contributed by atoms with Crippen LogP contribution in [0.3, 0.4) is 0 Å². The molecule has 0 spiro atoms. The Kier molecular flexibility index (Phi) is 6.39. The predicted octanol–water partition coefficient (Wildman–Crippen LogP) is 2.07. The van der Waals surface area contributed by atoms with Crippen molar-refractivity contribution in [3.05, 3.63) is 24.5 Å². The molecule has 0 bridgehead atoms. The van der Waals surface area contributed by atoms with E-state index in [0.29, 0.717) is 5.57 Å². The minimum atomic E-state index is 0.703. The Morgan fingerprint density at radius 2 is 2.36 bits per heavy atom. The van der Waals surface area contributed by atoms with Crippen molar-refractivity contribution in [2.75, 3.05) is 7.11 Å². The maximum absolute atomic E-state index is 10.3. The topological polar surface area (TPSA) is 26.3 Å². The Morgan fingerprint density at radius 3 is 2.82 bits per heavy atom. The summed E-state index contributed by atoms with van der Waals surface area (Å²) in [7, 11) is 1.54. The third-order valence-electron chi connectivity index (χ3n) is 1.29. The SMILES string of the molecule is C=CCCCC(C=O)=COC. The molecule has 0 aromatic rings. The summed E-state index contributed by atoms with van der Waals surface area (Å²) in [5, 5.41) is 0. The molecule has 0 fully saturated rings. The lowest BCUT2D eigenvalue weighted by molar-refractivity contribution is -0.105. The van der Waals surface area contributed by atoms with Gasteiger partial charge in [0.1, 0.15) is 6.29 Å². The Balaban J connectivity index is 3.60. The second-order valence-electron chi connectivity index (χ2n) is 2.23. The molecule has 0 N–H and O–H groups in total. The average molecular weight is 154 g/mol. The third kappa shape index (κ3) is 5.40. The van der Waals surface area contributed by atoms with Gasteiger partial charge in [-0.15, -0.1) is 6.58 Å². The van der Waals surface area contributed by atoms with Crippen LogP contribution in [-0.2, 0) is 9.53 Å². The Bertz CT molecular complexity index is 148. The molecule has 0 unspecified atom stereocenters. The molecule has 0 aliphatic rings. The highest BCUT2D eigenvalue weighted by Crippen LogP contribution is 2.04. The molecule has 0 saturated carbocycles. The summed E-state index contributed by atoms with van der Waals surface area (Å²) in [4.78, 5) is 10.3. The fourth-order valence-corrected chi connectivity index (χ4v) is 0.748. The molecule has 2 heteroatoms. The van der Waals surface area contributed by atoms with Crippen LogP contribution in [0.4, 0.5) is 0 Å². The number of rotatable bonds is 6. The normalized spacial score (nSPS) is 10.8. The molecular weight excluding hydrogens is 140 g/mol. The lowest BCUT2D eigenvalue weighted by Crippen LogP contribution is -1.86. The van der Waals surface area contributed by atoms with E-state index < -0.39 is 0 Å². The van der Waals surface area contributed by atoms with Crippen LogP contribution in [0.2, 0.25) is 0 Å². The highest BCUT2D eigenvalue weighted by atomic mass is 16.5. The van der Waals surface area contributed by atoms with Gasteiger partial charge in [0.2, 0.25) is 0 Å². The minimum absolute atomic E-state index is 0.703. The summed E-state index contributed by atoms with van der Waals surface area (Å²) in [6, 6.07) is 0. The summed E-state index contributed by atoms with van der Waals surface area (Å²) in [5.74, 6) is 0. The van der Waals surface area contributed by atoms with Crippen molar-refractivity contribution in [2.45, 2.75) is 19.3 Å². The fraction of sp³-hybridized carbons (Fsp3) is 0.444. The number of carbonyl (C=O) groups excluding carboxylic acids is 1. The first kappa shape index (κ1) is 9.95. The third-order valence-corrected chi connectivity index (χ3v) is 1.29. The average Bonchev–Trinajstić information content (AvgIpc) is 2.03. The van der Waals surface area contributed by atoms with Crippen molar-refractivity contribution >= 4 is 6.29 Å². The Hall–Kier alpha value is -1.05. The predicted molar refractivity (Wildman–Crippen MR) is 45.2 cm³/mol. The summed E-state index contributed by atoms with van der Waals surface area (Å²) in [6.45, 7) is 3.59. The molecule has 0 heterocycles. The lowest BCUT2D eigenvalue weighted by Gasteiger charge is -1.96. The van der Waals surface area contributed by atoms with Crippen molar-refractivity contribution in [1.29, 1.82) is 0 Å². The van der Waals surface area contributed by atoms with E-state index in [4.69, 9.17) is 4.74 Å². The summed E-state index contributed by atoms with van der Waals surface area (Å²) >= 11 is 0. The second kappa shape index (κ2) is 7.06. The van der Waals surface area contributed by atoms with Crippen LogP contribution in [-0.4, -0.2) is 13.4 Å². The van der Waals surface area contributed by atoms with Gasteiger partial charge in [0.05, 0.1) is 13.4 Å². The number of unbranched alkanes of at least 4 members (excludes halogenated alkanes) is 1. The fourth-order valence-electron chi connectivity index (χ4n) is 0.748. The molecule has 2 nitrogen and oxygen atoms in total. The van der Waals surface area contributed by atoms with Gasteiger partial charge in [0.25, 0.3) is 0 Å². The number of methoxy groups -OCH3 is 1. The highest BCUT2D eigenvalue weighted by molar-refractivity contribution is 5.72. The maximum Gasteiger partial charge on any atom is 0.149 e. The molecule has 11 heavy (non-hydrogen) atoms. The van der Waals surface area contributed by atoms with Crippen LogP contribution in [0.1, 0.15) is 19.3 Å². The van der Waals surface area contributed by atoms with Crippen molar-refractivity contribution in [3.8, 4) is 0 Å². The molecule has 0 aliphatic carbocycles. The smallest absolute Gasteiger partial charge is 0.149 e. The number of hydrogen-bond donors (Lipinski definition) is 0. The van der Waals surface area contributed by atoms with Gasteiger partial charge in [-0.1, -0.05) is 6.08 Å². The first-order valence-electron chi connectivity index (χ1n) is 3.63. The van der Waals surface area contributed by atoms with Crippen LogP contribution in [0.15, 0.2) is 24.5 Å². The summed E-state index contributed by atoms with van der Waals surface area (Å²) in [6.07, 6.45) is 6.81. The zero-order chi connectivity index (χ0) is 8.53. The zero-order valence-electron chi connectivity index (χ0n) is 6.88. The van der Waals surface area contributed by atoms with Crippen LogP contribution in [0.5, 0.6) is 0 Å². The van der Waals surface area contributed by atoms with Crippen LogP contribution in [0, 0.1) is 0 Å². The van der Waals surface area contributed by atoms with E-state index in [1.165, 1.54) is 13.4 Å². The van der Waals surface area contributed by atoms with E-state index in [1.807, 2.05) is 6.08 Å². The van der Waals surface area contributed by atoms with Gasteiger partial charge in [0.15, 0.2) is 0 Å². The maximum atomic E-state index is 10.3. The highest BCUT2D eigenvalue weighted by Gasteiger charge is 1.93. The number of hydrogen-bond acceptors (Lipinski definition) is 2. The Morgan fingerprint density at radius 1 is 1.64 bits per heavy atom. The quantitative estimate of drug-likeness (QED) is 0.192. The van der Waals surface area contributed by atoms with Gasteiger partial charge in [0, 0.05) is 5.57 Å². The minimum Gasteiger partial charge on any atom is -0.504 e. The van der Waals surface area contributed by atoms with Crippen LogP contribution in [0.25, 0.3) is 0 Å². The zero-order valence-corrected chi connectivity index (χ0v) is 6.88. The number of aldehydes is 1. The van der Waals surface area contributed by atoms with Gasteiger partial charge >= 0.3 is 0 Å². The van der Waals surface area contributed by atoms with Crippen LogP contribution < -0.4 is 0 Å². The molecular formula is C9H14O2. The van der Waals surface area contributed by atoms with Gasteiger partial charge in [-0.2, -0.15) is 0 Å². The molecule has 0 aromatic carbocycles.